The SMILES string of the molecule is COc1cc([C@H]2C3=CC[C@@H]4C(=O)N(c5ccc(Cl)cc5)C(=O)[C@@H]4[C@@H]3C[C@H]3C(=O)N(c4ccc(F)c(Cl)c4)C(=O)[C@@]23C)cc(OC)c1O. The van der Waals surface area contributed by atoms with Crippen LogP contribution in [0.1, 0.15) is 31.2 Å². The summed E-state index contributed by atoms with van der Waals surface area (Å²) in [6, 6.07) is 13.3. The Hall–Kier alpha value is -4.41. The molecule has 0 bridgehead atoms. The van der Waals surface area contributed by atoms with E-state index in [2.05, 4.69) is 0 Å². The molecule has 12 heteroatoms. The van der Waals surface area contributed by atoms with Crippen LogP contribution in [0.2, 0.25) is 10.0 Å². The zero-order valence-corrected chi connectivity index (χ0v) is 27.0. The van der Waals surface area contributed by atoms with Gasteiger partial charge < -0.3 is 14.6 Å². The second kappa shape index (κ2) is 11.1. The fraction of sp³-hybridized carbons (Fsp3) is 0.314. The zero-order chi connectivity index (χ0) is 33.5. The Morgan fingerprint density at radius 1 is 0.851 bits per heavy atom. The molecule has 2 saturated heterocycles. The first kappa shape index (κ1) is 31.2. The minimum Gasteiger partial charge on any atom is -0.502 e. The van der Waals surface area contributed by atoms with Gasteiger partial charge in [-0.2, -0.15) is 0 Å². The first-order chi connectivity index (χ1) is 22.4. The van der Waals surface area contributed by atoms with E-state index in [1.165, 1.54) is 31.3 Å². The molecule has 0 spiro atoms. The lowest BCUT2D eigenvalue weighted by Gasteiger charge is -2.49. The van der Waals surface area contributed by atoms with E-state index in [1.807, 2.05) is 6.08 Å². The minimum atomic E-state index is -1.39. The summed E-state index contributed by atoms with van der Waals surface area (Å²) in [5.74, 6) is -6.27. The van der Waals surface area contributed by atoms with E-state index < -0.39 is 52.6 Å². The number of allylic oxidation sites excluding steroid dienone is 2. The van der Waals surface area contributed by atoms with Crippen molar-refractivity contribution in [2.24, 2.45) is 29.1 Å². The number of rotatable bonds is 5. The van der Waals surface area contributed by atoms with Crippen LogP contribution in [-0.2, 0) is 19.2 Å². The van der Waals surface area contributed by atoms with E-state index in [0.717, 1.165) is 16.5 Å². The van der Waals surface area contributed by atoms with Gasteiger partial charge >= 0.3 is 0 Å². The molecule has 0 aromatic heterocycles. The number of carbonyl (C=O) groups is 4. The topological polar surface area (TPSA) is 113 Å². The number of amides is 4. The molecule has 2 aliphatic heterocycles. The quantitative estimate of drug-likeness (QED) is 0.249. The van der Waals surface area contributed by atoms with Crippen LogP contribution in [0.5, 0.6) is 17.2 Å². The normalized spacial score (nSPS) is 28.2. The molecule has 1 saturated carbocycles. The molecular weight excluding hydrogens is 650 g/mol. The van der Waals surface area contributed by atoms with Gasteiger partial charge in [0.15, 0.2) is 11.5 Å². The van der Waals surface area contributed by atoms with Crippen LogP contribution < -0.4 is 19.3 Å². The third kappa shape index (κ3) is 4.41. The highest BCUT2D eigenvalue weighted by atomic mass is 35.5. The van der Waals surface area contributed by atoms with Crippen molar-refractivity contribution in [1.82, 2.24) is 0 Å². The van der Waals surface area contributed by atoms with Gasteiger partial charge in [0.1, 0.15) is 5.82 Å². The first-order valence-corrected chi connectivity index (χ1v) is 15.8. The van der Waals surface area contributed by atoms with E-state index in [1.54, 1.807) is 43.3 Å². The Labute approximate surface area is 279 Å². The van der Waals surface area contributed by atoms with Crippen molar-refractivity contribution < 1.29 is 38.1 Å². The lowest BCUT2D eigenvalue weighted by atomic mass is 9.51. The third-order valence-electron chi connectivity index (χ3n) is 10.4. The molecule has 2 heterocycles. The van der Waals surface area contributed by atoms with Crippen molar-refractivity contribution in [3.63, 3.8) is 0 Å². The van der Waals surface area contributed by atoms with Crippen molar-refractivity contribution in [2.45, 2.75) is 25.7 Å². The molecule has 4 amide bonds. The smallest absolute Gasteiger partial charge is 0.241 e. The Kier molecular flexibility index (Phi) is 7.37. The number of aromatic hydroxyl groups is 1. The molecule has 3 aromatic carbocycles. The van der Waals surface area contributed by atoms with E-state index in [0.29, 0.717) is 16.3 Å². The van der Waals surface area contributed by atoms with E-state index in [4.69, 9.17) is 32.7 Å². The molecule has 6 atom stereocenters. The van der Waals surface area contributed by atoms with Gasteiger partial charge in [0.2, 0.25) is 29.4 Å². The number of halogens is 3. The number of phenolic OH excluding ortho intramolecular Hbond substituents is 1. The van der Waals surface area contributed by atoms with Crippen molar-refractivity contribution in [1.29, 1.82) is 0 Å². The van der Waals surface area contributed by atoms with Crippen LogP contribution in [0.25, 0.3) is 0 Å². The Balaban J connectivity index is 1.40. The summed E-state index contributed by atoms with van der Waals surface area (Å²) in [6.45, 7) is 1.71. The largest absolute Gasteiger partial charge is 0.502 e. The highest BCUT2D eigenvalue weighted by Gasteiger charge is 2.67. The highest BCUT2D eigenvalue weighted by molar-refractivity contribution is 6.32. The standard InChI is InChI=1S/C35H29Cl2FN2O7/c1-35-23(32(43)40(34(35)45)19-8-11-25(38)24(37)14-19)15-22-20(29(35)16-12-26(46-2)30(41)27(13-16)47-3)9-10-21-28(22)33(44)39(31(21)42)18-6-4-17(36)5-7-18/h4-9,11-14,21-23,28-29,41H,10,15H2,1-3H3/t21-,22+,23-,28-,29-,35+/m0/s1. The molecular formula is C35H29Cl2FN2O7. The average Bonchev–Trinajstić information content (AvgIpc) is 3.42. The van der Waals surface area contributed by atoms with Gasteiger partial charge in [0, 0.05) is 10.9 Å². The number of benzene rings is 3. The van der Waals surface area contributed by atoms with Gasteiger partial charge in [-0.15, -0.1) is 0 Å². The maximum atomic E-state index is 14.6. The molecule has 1 N–H and O–H groups in total. The van der Waals surface area contributed by atoms with Crippen LogP contribution in [0.4, 0.5) is 15.8 Å². The fourth-order valence-corrected chi connectivity index (χ4v) is 8.49. The third-order valence-corrected chi connectivity index (χ3v) is 10.9. The van der Waals surface area contributed by atoms with E-state index >= 15 is 0 Å². The number of fused-ring (bicyclic) bond motifs is 4. The van der Waals surface area contributed by atoms with Crippen molar-refractivity contribution in [3.05, 3.63) is 87.7 Å². The molecule has 0 radical (unpaired) electrons. The Bertz CT molecular complexity index is 1890. The number of anilines is 2. The van der Waals surface area contributed by atoms with Crippen molar-refractivity contribution in [3.8, 4) is 17.2 Å². The number of hydrogen-bond acceptors (Lipinski definition) is 7. The van der Waals surface area contributed by atoms with Gasteiger partial charge in [-0.1, -0.05) is 34.9 Å². The van der Waals surface area contributed by atoms with E-state index in [-0.39, 0.29) is 52.6 Å². The summed E-state index contributed by atoms with van der Waals surface area (Å²) in [4.78, 5) is 59.2. The Morgan fingerprint density at radius 3 is 2.11 bits per heavy atom. The molecule has 3 fully saturated rings. The summed E-state index contributed by atoms with van der Waals surface area (Å²) < 4.78 is 25.1. The summed E-state index contributed by atoms with van der Waals surface area (Å²) >= 11 is 12.2. The minimum absolute atomic E-state index is 0.0934. The summed E-state index contributed by atoms with van der Waals surface area (Å²) in [6.07, 6.45) is 2.28. The first-order valence-electron chi connectivity index (χ1n) is 15.0. The highest BCUT2D eigenvalue weighted by Crippen LogP contribution is 2.64. The van der Waals surface area contributed by atoms with Gasteiger partial charge in [0.05, 0.1) is 53.8 Å². The maximum Gasteiger partial charge on any atom is 0.241 e. The average molecular weight is 680 g/mol. The molecule has 7 rings (SSSR count). The zero-order valence-electron chi connectivity index (χ0n) is 25.5. The van der Waals surface area contributed by atoms with Crippen LogP contribution in [-0.4, -0.2) is 43.0 Å². The molecule has 3 aromatic rings. The Morgan fingerprint density at radius 2 is 1.49 bits per heavy atom. The maximum absolute atomic E-state index is 14.6. The van der Waals surface area contributed by atoms with Gasteiger partial charge in [-0.05, 0) is 85.8 Å². The van der Waals surface area contributed by atoms with Crippen LogP contribution in [0.3, 0.4) is 0 Å². The molecule has 0 unspecified atom stereocenters. The van der Waals surface area contributed by atoms with Crippen LogP contribution in [0.15, 0.2) is 66.2 Å². The number of imide groups is 2. The molecule has 2 aliphatic carbocycles. The molecule has 47 heavy (non-hydrogen) atoms. The van der Waals surface area contributed by atoms with E-state index in [9.17, 15) is 28.7 Å². The van der Waals surface area contributed by atoms with Crippen molar-refractivity contribution in [2.75, 3.05) is 24.0 Å². The predicted molar refractivity (Wildman–Crippen MR) is 171 cm³/mol. The second-order valence-corrected chi connectivity index (χ2v) is 13.4. The fourth-order valence-electron chi connectivity index (χ4n) is 8.19. The molecule has 242 valence electrons. The second-order valence-electron chi connectivity index (χ2n) is 12.5. The van der Waals surface area contributed by atoms with Gasteiger partial charge in [-0.25, -0.2) is 9.29 Å². The summed E-state index contributed by atoms with van der Waals surface area (Å²) in [7, 11) is 2.77. The summed E-state index contributed by atoms with van der Waals surface area (Å²) in [5.41, 5.74) is 0.389. The van der Waals surface area contributed by atoms with Gasteiger partial charge in [0.25, 0.3) is 0 Å². The number of carbonyl (C=O) groups excluding carboxylic acids is 4. The van der Waals surface area contributed by atoms with Gasteiger partial charge in [-0.3, -0.25) is 24.1 Å². The van der Waals surface area contributed by atoms with Crippen LogP contribution >= 0.6 is 23.2 Å². The molecule has 4 aliphatic rings. The van der Waals surface area contributed by atoms with Crippen molar-refractivity contribution >= 4 is 58.2 Å². The monoisotopic (exact) mass is 678 g/mol. The number of nitrogens with zero attached hydrogens (tertiary/aromatic N) is 2. The number of methoxy groups -OCH3 is 2. The number of ether oxygens (including phenoxy) is 2. The lowest BCUT2D eigenvalue weighted by molar-refractivity contribution is -0.131. The number of hydrogen-bond donors (Lipinski definition) is 1. The molecule has 9 nitrogen and oxygen atoms in total. The lowest BCUT2D eigenvalue weighted by Crippen LogP contribution is -2.48. The van der Waals surface area contributed by atoms with Crippen LogP contribution in [0, 0.1) is 34.9 Å². The summed E-state index contributed by atoms with van der Waals surface area (Å²) in [5, 5.41) is 10.9. The predicted octanol–water partition coefficient (Wildman–Crippen LogP) is 6.29. The number of phenols is 1.